The van der Waals surface area contributed by atoms with Crippen LogP contribution in [0.3, 0.4) is 0 Å². The van der Waals surface area contributed by atoms with Crippen LogP contribution in [0.4, 0.5) is 0 Å². The Morgan fingerprint density at radius 3 is 2.63 bits per heavy atom. The number of nitrogens with zero attached hydrogens (tertiary/aromatic N) is 3. The van der Waals surface area contributed by atoms with E-state index >= 15 is 0 Å². The normalized spacial score (nSPS) is 20.9. The largest absolute Gasteiger partial charge is 0.489 e. The Hall–Kier alpha value is -5.11. The van der Waals surface area contributed by atoms with E-state index in [1.165, 1.54) is 12.4 Å². The van der Waals surface area contributed by atoms with Crippen molar-refractivity contribution in [2.75, 3.05) is 13.2 Å². The molecule has 4 heterocycles. The summed E-state index contributed by atoms with van der Waals surface area (Å²) in [6.07, 6.45) is 11.1. The monoisotopic (exact) mass is 832 g/mol. The van der Waals surface area contributed by atoms with Crippen LogP contribution in [-0.4, -0.2) is 57.7 Å². The number of pyridine rings is 1. The molecule has 304 valence electrons. The maximum Gasteiger partial charge on any atom is 0.273 e. The molecule has 3 atom stereocenters. The highest BCUT2D eigenvalue weighted by Gasteiger charge is 2.46. The molecule has 0 spiro atoms. The fourth-order valence-electron chi connectivity index (χ4n) is 8.04. The van der Waals surface area contributed by atoms with Gasteiger partial charge in [-0.2, -0.15) is 0 Å². The minimum absolute atomic E-state index is 0.0361. The predicted octanol–water partition coefficient (Wildman–Crippen LogP) is 8.84. The molecule has 59 heavy (non-hydrogen) atoms. The highest BCUT2D eigenvalue weighted by molar-refractivity contribution is 7.91. The lowest BCUT2D eigenvalue weighted by atomic mass is 9.85. The molecule has 2 aliphatic carbocycles. The van der Waals surface area contributed by atoms with E-state index < -0.39 is 32.2 Å². The van der Waals surface area contributed by atoms with Gasteiger partial charge in [0.1, 0.15) is 22.6 Å². The Morgan fingerprint density at radius 2 is 1.85 bits per heavy atom. The van der Waals surface area contributed by atoms with Crippen molar-refractivity contribution >= 4 is 49.0 Å². The van der Waals surface area contributed by atoms with Crippen LogP contribution in [0.15, 0.2) is 120 Å². The SMILES string of the molecule is CC1=CC(c2ccc3nc(Cl)nc(C(COC4CCCCO4)(OC4CC4)c4cccc(OCc5ccccc5)c4)c3c2)=CCC1(C)S(=O)(=O)n1ccc2cc[nH]c(=O)c21. The third-order valence-electron chi connectivity index (χ3n) is 11.8. The molecule has 1 saturated carbocycles. The van der Waals surface area contributed by atoms with Gasteiger partial charge in [0.25, 0.3) is 5.56 Å². The molecule has 0 radical (unpaired) electrons. The maximum atomic E-state index is 14.4. The van der Waals surface area contributed by atoms with Crippen molar-refractivity contribution in [2.24, 2.45) is 0 Å². The average molecular weight is 833 g/mol. The molecular weight excluding hydrogens is 788 g/mol. The molecule has 2 fully saturated rings. The van der Waals surface area contributed by atoms with Crippen LogP contribution >= 0.6 is 11.6 Å². The Kier molecular flexibility index (Phi) is 10.6. The number of allylic oxidation sites excluding steroid dienone is 3. The summed E-state index contributed by atoms with van der Waals surface area (Å²) >= 11 is 6.77. The molecule has 9 rings (SSSR count). The topological polar surface area (TPSA) is 135 Å². The second kappa shape index (κ2) is 15.8. The number of benzene rings is 3. The van der Waals surface area contributed by atoms with Crippen molar-refractivity contribution in [3.05, 3.63) is 153 Å². The number of aromatic nitrogens is 4. The van der Waals surface area contributed by atoms with E-state index in [9.17, 15) is 13.2 Å². The first kappa shape index (κ1) is 39.4. The first-order chi connectivity index (χ1) is 28.5. The van der Waals surface area contributed by atoms with Crippen LogP contribution in [0, 0.1) is 0 Å². The second-order valence-corrected chi connectivity index (χ2v) is 18.4. The lowest BCUT2D eigenvalue weighted by Crippen LogP contribution is -2.41. The van der Waals surface area contributed by atoms with Gasteiger partial charge in [0.05, 0.1) is 23.9 Å². The molecule has 11 nitrogen and oxygen atoms in total. The van der Waals surface area contributed by atoms with Crippen LogP contribution < -0.4 is 10.3 Å². The Morgan fingerprint density at radius 1 is 1.00 bits per heavy atom. The van der Waals surface area contributed by atoms with Crippen molar-refractivity contribution in [3.63, 3.8) is 0 Å². The van der Waals surface area contributed by atoms with E-state index in [1.54, 1.807) is 19.1 Å². The summed E-state index contributed by atoms with van der Waals surface area (Å²) < 4.78 is 54.7. The fourth-order valence-corrected chi connectivity index (χ4v) is 10.1. The predicted molar refractivity (Wildman–Crippen MR) is 228 cm³/mol. The van der Waals surface area contributed by atoms with E-state index in [4.69, 9.17) is 35.5 Å². The van der Waals surface area contributed by atoms with E-state index in [0.717, 1.165) is 58.3 Å². The maximum absolute atomic E-state index is 14.4. The van der Waals surface area contributed by atoms with E-state index in [0.29, 0.717) is 46.5 Å². The molecular formula is C46H45ClN4O7S. The van der Waals surface area contributed by atoms with Gasteiger partial charge in [-0.05, 0) is 128 Å². The molecule has 3 aromatic carbocycles. The van der Waals surface area contributed by atoms with Gasteiger partial charge >= 0.3 is 0 Å². The van der Waals surface area contributed by atoms with Crippen LogP contribution in [0.1, 0.15) is 74.8 Å². The summed E-state index contributed by atoms with van der Waals surface area (Å²) in [5.41, 5.74) is 3.70. The molecule has 3 aromatic heterocycles. The number of halogens is 1. The minimum atomic E-state index is -4.07. The third kappa shape index (κ3) is 7.53. The summed E-state index contributed by atoms with van der Waals surface area (Å²) in [6, 6.07) is 27.1. The van der Waals surface area contributed by atoms with Crippen molar-refractivity contribution in [1.29, 1.82) is 0 Å². The van der Waals surface area contributed by atoms with Crippen LogP contribution in [0.5, 0.6) is 5.75 Å². The number of rotatable bonds is 13. The van der Waals surface area contributed by atoms with Gasteiger partial charge in [-0.25, -0.2) is 22.4 Å². The lowest BCUT2D eigenvalue weighted by molar-refractivity contribution is -0.197. The highest BCUT2D eigenvalue weighted by atomic mass is 35.5. The zero-order valence-corrected chi connectivity index (χ0v) is 34.5. The van der Waals surface area contributed by atoms with Gasteiger partial charge in [0.15, 0.2) is 11.9 Å². The second-order valence-electron chi connectivity index (χ2n) is 15.8. The number of fused-ring (bicyclic) bond motifs is 2. The average Bonchev–Trinajstić information content (AvgIpc) is 3.96. The number of H-pyrrole nitrogens is 1. The molecule has 6 aromatic rings. The summed E-state index contributed by atoms with van der Waals surface area (Å²) in [7, 11) is -4.07. The first-order valence-electron chi connectivity index (χ1n) is 20.0. The molecule has 1 saturated heterocycles. The number of nitrogens with one attached hydrogen (secondary N) is 1. The van der Waals surface area contributed by atoms with Crippen molar-refractivity contribution in [3.8, 4) is 5.75 Å². The molecule has 0 bridgehead atoms. The zero-order chi connectivity index (χ0) is 40.8. The minimum Gasteiger partial charge on any atom is -0.489 e. The van der Waals surface area contributed by atoms with Gasteiger partial charge in [0.2, 0.25) is 15.3 Å². The van der Waals surface area contributed by atoms with E-state index in [-0.39, 0.29) is 29.9 Å². The van der Waals surface area contributed by atoms with Crippen LogP contribution in [0.25, 0.3) is 27.4 Å². The summed E-state index contributed by atoms with van der Waals surface area (Å²) in [5, 5.41) is 1.33. The molecule has 0 amide bonds. The van der Waals surface area contributed by atoms with Gasteiger partial charge in [-0.1, -0.05) is 60.7 Å². The Labute approximate surface area is 347 Å². The number of hydrogen-bond acceptors (Lipinski definition) is 9. The zero-order valence-electron chi connectivity index (χ0n) is 32.9. The van der Waals surface area contributed by atoms with Crippen LogP contribution in [-0.2, 0) is 36.4 Å². The molecule has 1 N–H and O–H groups in total. The van der Waals surface area contributed by atoms with Crippen molar-refractivity contribution in [1.82, 2.24) is 18.9 Å². The Bertz CT molecular complexity index is 2770. The van der Waals surface area contributed by atoms with Gasteiger partial charge in [0, 0.05) is 29.8 Å². The van der Waals surface area contributed by atoms with Crippen molar-refractivity contribution < 1.29 is 27.4 Å². The molecule has 3 aliphatic rings. The lowest BCUT2D eigenvalue weighted by Gasteiger charge is -2.37. The molecule has 1 aliphatic heterocycles. The van der Waals surface area contributed by atoms with E-state index in [2.05, 4.69) is 9.97 Å². The third-order valence-corrected chi connectivity index (χ3v) is 14.4. The number of hydrogen-bond donors (Lipinski definition) is 1. The summed E-state index contributed by atoms with van der Waals surface area (Å²) in [5.74, 6) is 0.665. The van der Waals surface area contributed by atoms with Gasteiger partial charge < -0.3 is 23.9 Å². The molecule has 13 heteroatoms. The van der Waals surface area contributed by atoms with E-state index in [1.807, 2.05) is 91.9 Å². The Balaban J connectivity index is 1.13. The smallest absolute Gasteiger partial charge is 0.273 e. The highest BCUT2D eigenvalue weighted by Crippen LogP contribution is 2.45. The summed E-state index contributed by atoms with van der Waals surface area (Å²) in [6.45, 7) is 4.63. The molecule has 3 unspecified atom stereocenters. The standard InChI is InChI=1S/C46H45ClN4O7S/c1-30-25-34(18-21-45(30,2)59(53,54)51-23-20-32-19-22-48-43(52)41(32)51)33-14-17-39-38(26-33)42(50-44(47)49-39)46(58-36-15-16-36,29-57-40-13-6-7-24-55-40)35-11-8-12-37(27-35)56-28-31-9-4-3-5-10-31/h3-5,8-12,14,17-20,22-23,25-27,36,40H,6-7,13,15-16,21,24,28-29H2,1-2H3,(H,48,52). The summed E-state index contributed by atoms with van der Waals surface area (Å²) in [4.78, 5) is 25.0. The fraction of sp³-hybridized carbons (Fsp3) is 0.326. The van der Waals surface area contributed by atoms with Crippen LogP contribution in [0.2, 0.25) is 5.28 Å². The van der Waals surface area contributed by atoms with Gasteiger partial charge in [-0.15, -0.1) is 0 Å². The first-order valence-corrected chi connectivity index (χ1v) is 21.9. The van der Waals surface area contributed by atoms with Gasteiger partial charge in [-0.3, -0.25) is 4.79 Å². The number of ether oxygens (including phenoxy) is 4. The quantitative estimate of drug-likeness (QED) is 0.113. The number of aromatic amines is 1. The van der Waals surface area contributed by atoms with Crippen molar-refractivity contribution in [2.45, 2.75) is 81.7 Å².